The fourth-order valence-electron chi connectivity index (χ4n) is 3.04. The fourth-order valence-corrected chi connectivity index (χ4v) is 3.04. The number of allylic oxidation sites excluding steroid dienone is 1. The third-order valence-corrected chi connectivity index (χ3v) is 4.29. The second-order valence-electron chi connectivity index (χ2n) is 5.93. The molecule has 18 heavy (non-hydrogen) atoms. The minimum atomic E-state index is -0.0672. The highest BCUT2D eigenvalue weighted by Gasteiger charge is 2.39. The lowest BCUT2D eigenvalue weighted by Gasteiger charge is -2.28. The molecular weight excluding hydrogens is 224 g/mol. The molecule has 0 radical (unpaired) electrons. The van der Waals surface area contributed by atoms with E-state index in [2.05, 4.69) is 29.9 Å². The number of nitrogens with zero attached hydrogens (tertiary/aromatic N) is 1. The standard InChI is InChI=1S/C15H18N2O/c1-15(2)5-3-10-7-13(17-9-12(10)15)11-4-6-16-14(18)8-11/h4,6-8,12H,3,5,9H2,1-2H3,(H,16,18). The van der Waals surface area contributed by atoms with E-state index in [1.165, 1.54) is 18.4 Å². The number of aromatic nitrogens is 1. The van der Waals surface area contributed by atoms with E-state index >= 15 is 0 Å². The molecule has 0 amide bonds. The zero-order valence-electron chi connectivity index (χ0n) is 10.9. The summed E-state index contributed by atoms with van der Waals surface area (Å²) in [5.74, 6) is 0.586. The van der Waals surface area contributed by atoms with Gasteiger partial charge in [0.1, 0.15) is 0 Å². The maximum atomic E-state index is 11.3. The zero-order valence-corrected chi connectivity index (χ0v) is 10.9. The lowest BCUT2D eigenvalue weighted by Crippen LogP contribution is -2.24. The van der Waals surface area contributed by atoms with Gasteiger partial charge in [-0.15, -0.1) is 0 Å². The van der Waals surface area contributed by atoms with Gasteiger partial charge in [0.15, 0.2) is 0 Å². The second kappa shape index (κ2) is 3.94. The summed E-state index contributed by atoms with van der Waals surface area (Å²) in [6.07, 6.45) is 6.28. The molecule has 1 N–H and O–H groups in total. The number of dihydropyridines is 1. The molecule has 2 aliphatic rings. The Balaban J connectivity index is 1.95. The zero-order chi connectivity index (χ0) is 12.8. The first-order valence-corrected chi connectivity index (χ1v) is 6.50. The van der Waals surface area contributed by atoms with Gasteiger partial charge in [0.05, 0.1) is 5.71 Å². The van der Waals surface area contributed by atoms with Crippen LogP contribution in [0.5, 0.6) is 0 Å². The van der Waals surface area contributed by atoms with Crippen LogP contribution < -0.4 is 5.56 Å². The van der Waals surface area contributed by atoms with Crippen LogP contribution in [0, 0.1) is 11.3 Å². The number of rotatable bonds is 1. The van der Waals surface area contributed by atoms with Gasteiger partial charge in [-0.1, -0.05) is 19.4 Å². The highest BCUT2D eigenvalue weighted by molar-refractivity contribution is 6.09. The van der Waals surface area contributed by atoms with E-state index in [4.69, 9.17) is 0 Å². The van der Waals surface area contributed by atoms with Gasteiger partial charge < -0.3 is 4.98 Å². The minimum Gasteiger partial charge on any atom is -0.329 e. The van der Waals surface area contributed by atoms with Crippen molar-refractivity contribution in [2.45, 2.75) is 26.7 Å². The average molecular weight is 242 g/mol. The molecule has 0 saturated heterocycles. The molecule has 0 bridgehead atoms. The van der Waals surface area contributed by atoms with Gasteiger partial charge in [-0.3, -0.25) is 9.79 Å². The first-order valence-electron chi connectivity index (χ1n) is 6.50. The van der Waals surface area contributed by atoms with E-state index < -0.39 is 0 Å². The molecule has 0 aromatic carbocycles. The number of nitrogens with one attached hydrogen (secondary N) is 1. The van der Waals surface area contributed by atoms with Crippen LogP contribution in [0.3, 0.4) is 0 Å². The van der Waals surface area contributed by atoms with Crippen molar-refractivity contribution in [3.05, 3.63) is 45.9 Å². The van der Waals surface area contributed by atoms with Crippen molar-refractivity contribution in [2.75, 3.05) is 6.54 Å². The predicted octanol–water partition coefficient (Wildman–Crippen LogP) is 2.54. The second-order valence-corrected chi connectivity index (χ2v) is 5.93. The van der Waals surface area contributed by atoms with Crippen LogP contribution in [-0.2, 0) is 0 Å². The van der Waals surface area contributed by atoms with Crippen LogP contribution in [0.1, 0.15) is 32.3 Å². The number of H-pyrrole nitrogens is 1. The third kappa shape index (κ3) is 1.84. The Morgan fingerprint density at radius 2 is 2.28 bits per heavy atom. The maximum absolute atomic E-state index is 11.3. The third-order valence-electron chi connectivity index (χ3n) is 4.29. The predicted molar refractivity (Wildman–Crippen MR) is 73.1 cm³/mol. The molecule has 94 valence electrons. The molecule has 3 rings (SSSR count). The van der Waals surface area contributed by atoms with Crippen LogP contribution in [0.15, 0.2) is 39.8 Å². The smallest absolute Gasteiger partial charge is 0.248 e. The molecule has 1 aliphatic heterocycles. The number of fused-ring (bicyclic) bond motifs is 1. The summed E-state index contributed by atoms with van der Waals surface area (Å²) in [5.41, 5.74) is 3.70. The van der Waals surface area contributed by atoms with Crippen molar-refractivity contribution in [1.29, 1.82) is 0 Å². The van der Waals surface area contributed by atoms with Crippen molar-refractivity contribution in [1.82, 2.24) is 4.98 Å². The number of aliphatic imine (C=N–C) groups is 1. The molecule has 1 aromatic heterocycles. The summed E-state index contributed by atoms with van der Waals surface area (Å²) in [5, 5.41) is 0. The Kier molecular flexibility index (Phi) is 2.51. The van der Waals surface area contributed by atoms with Crippen molar-refractivity contribution in [2.24, 2.45) is 16.3 Å². The minimum absolute atomic E-state index is 0.0672. The lowest BCUT2D eigenvalue weighted by atomic mass is 9.79. The van der Waals surface area contributed by atoms with E-state index in [0.717, 1.165) is 17.8 Å². The molecule has 1 atom stereocenters. The van der Waals surface area contributed by atoms with Crippen LogP contribution in [0.4, 0.5) is 0 Å². The molecule has 2 heterocycles. The largest absolute Gasteiger partial charge is 0.329 e. The summed E-state index contributed by atoms with van der Waals surface area (Å²) in [4.78, 5) is 18.6. The van der Waals surface area contributed by atoms with E-state index in [0.29, 0.717) is 11.3 Å². The van der Waals surface area contributed by atoms with Crippen molar-refractivity contribution >= 4 is 5.71 Å². The molecule has 1 aliphatic carbocycles. The Morgan fingerprint density at radius 3 is 3.06 bits per heavy atom. The van der Waals surface area contributed by atoms with Gasteiger partial charge in [-0.2, -0.15) is 0 Å². The summed E-state index contributed by atoms with van der Waals surface area (Å²) in [6.45, 7) is 5.51. The van der Waals surface area contributed by atoms with Gasteiger partial charge in [-0.05, 0) is 30.4 Å². The quantitative estimate of drug-likeness (QED) is 0.808. The van der Waals surface area contributed by atoms with Gasteiger partial charge in [-0.25, -0.2) is 0 Å². The molecule has 3 heteroatoms. The summed E-state index contributed by atoms with van der Waals surface area (Å²) in [7, 11) is 0. The highest BCUT2D eigenvalue weighted by Crippen LogP contribution is 2.47. The number of hydrogen-bond donors (Lipinski definition) is 1. The SMILES string of the molecule is CC1(C)CCC2=CC(c3cc[nH]c(=O)c3)=NCC21. The highest BCUT2D eigenvalue weighted by atomic mass is 16.1. The molecule has 1 unspecified atom stereocenters. The van der Waals surface area contributed by atoms with E-state index in [1.807, 2.05) is 6.07 Å². The van der Waals surface area contributed by atoms with Crippen LogP contribution in [-0.4, -0.2) is 17.2 Å². The topological polar surface area (TPSA) is 45.2 Å². The molecule has 1 saturated carbocycles. The monoisotopic (exact) mass is 242 g/mol. The number of aromatic amines is 1. The first-order chi connectivity index (χ1) is 8.56. The van der Waals surface area contributed by atoms with Gasteiger partial charge >= 0.3 is 0 Å². The maximum Gasteiger partial charge on any atom is 0.248 e. The number of hydrogen-bond acceptors (Lipinski definition) is 2. The molecular formula is C15H18N2O. The summed E-state index contributed by atoms with van der Waals surface area (Å²) < 4.78 is 0. The summed E-state index contributed by atoms with van der Waals surface area (Å²) in [6, 6.07) is 3.54. The Morgan fingerprint density at radius 1 is 1.44 bits per heavy atom. The van der Waals surface area contributed by atoms with Gasteiger partial charge in [0.2, 0.25) is 5.56 Å². The Labute approximate surface area is 107 Å². The normalized spacial score (nSPS) is 25.3. The van der Waals surface area contributed by atoms with Gasteiger partial charge in [0.25, 0.3) is 0 Å². The van der Waals surface area contributed by atoms with Crippen molar-refractivity contribution in [3.8, 4) is 0 Å². The lowest BCUT2D eigenvalue weighted by molar-refractivity contribution is 0.287. The number of pyridine rings is 1. The fraction of sp³-hybridized carbons (Fsp3) is 0.467. The van der Waals surface area contributed by atoms with Crippen LogP contribution >= 0.6 is 0 Å². The first kappa shape index (κ1) is 11.5. The van der Waals surface area contributed by atoms with Crippen LogP contribution in [0.2, 0.25) is 0 Å². The Bertz CT molecular complexity index is 593. The Hall–Kier alpha value is -1.64. The van der Waals surface area contributed by atoms with Crippen molar-refractivity contribution in [3.63, 3.8) is 0 Å². The molecule has 1 fully saturated rings. The molecule has 1 aromatic rings. The van der Waals surface area contributed by atoms with Crippen molar-refractivity contribution < 1.29 is 0 Å². The molecule has 3 nitrogen and oxygen atoms in total. The summed E-state index contributed by atoms with van der Waals surface area (Å²) >= 11 is 0. The van der Waals surface area contributed by atoms with E-state index in [9.17, 15) is 4.79 Å². The van der Waals surface area contributed by atoms with E-state index in [1.54, 1.807) is 12.3 Å². The van der Waals surface area contributed by atoms with E-state index in [-0.39, 0.29) is 5.56 Å². The van der Waals surface area contributed by atoms with Crippen LogP contribution in [0.25, 0.3) is 0 Å². The molecule has 0 spiro atoms. The van der Waals surface area contributed by atoms with Gasteiger partial charge in [0, 0.05) is 30.3 Å². The average Bonchev–Trinajstić information content (AvgIpc) is 2.65.